The van der Waals surface area contributed by atoms with Crippen molar-refractivity contribution in [2.24, 2.45) is 0 Å². The van der Waals surface area contributed by atoms with Gasteiger partial charge in [-0.05, 0) is 26.8 Å². The summed E-state index contributed by atoms with van der Waals surface area (Å²) in [5, 5.41) is 29.6. The van der Waals surface area contributed by atoms with Gasteiger partial charge in [0.15, 0.2) is 0 Å². The Morgan fingerprint density at radius 2 is 1.09 bits per heavy atom. The molecule has 0 aliphatic carbocycles. The number of aliphatic carboxylic acids is 2. The van der Waals surface area contributed by atoms with Gasteiger partial charge in [0.05, 0.1) is 19.6 Å². The van der Waals surface area contributed by atoms with Crippen molar-refractivity contribution in [3.63, 3.8) is 0 Å². The van der Waals surface area contributed by atoms with Crippen LogP contribution in [0.2, 0.25) is 0 Å². The van der Waals surface area contributed by atoms with Crippen LogP contribution in [0.3, 0.4) is 0 Å². The van der Waals surface area contributed by atoms with Crippen LogP contribution in [0.4, 0.5) is 0 Å². The lowest BCUT2D eigenvalue weighted by Gasteiger charge is -2.15. The number of amides is 4. The van der Waals surface area contributed by atoms with Crippen LogP contribution in [-0.2, 0) is 33.6 Å². The molecule has 0 unspecified atom stereocenters. The Kier molecular flexibility index (Phi) is 13.6. The number of hydrogen-bond donors (Lipinski definition) is 7. The molecule has 0 heterocycles. The number of rotatable bonds is 16. The Bertz CT molecular complexity index is 726. The summed E-state index contributed by atoms with van der Waals surface area (Å²) < 4.78 is 0. The Hall–Kier alpha value is -3.55. The Morgan fingerprint density at radius 3 is 1.56 bits per heavy atom. The maximum absolute atomic E-state index is 11.9. The standard InChI is InChI=1S/C18H29N5O9/c1-10(24)7-20-15(27)9-22-16(28)8-21-13(25)5-4-12(18(31)32)23-14(26)6-3-11(19-2)17(29)30/h11-12,19H,3-9H2,1-2H3,(H,20,27)(H,21,25)(H,22,28)(H,23,26)(H,29,30)(H,31,32)/t11-,12-/m0/s1. The quantitative estimate of drug-likeness (QED) is 0.122. The molecule has 0 bridgehead atoms. The minimum Gasteiger partial charge on any atom is -0.480 e. The predicted octanol–water partition coefficient (Wildman–Crippen LogP) is -3.27. The first-order chi connectivity index (χ1) is 15.0. The number of carboxylic acid groups (broad SMARTS) is 2. The van der Waals surface area contributed by atoms with Gasteiger partial charge in [-0.3, -0.25) is 28.8 Å². The monoisotopic (exact) mass is 459 g/mol. The second kappa shape index (κ2) is 15.3. The van der Waals surface area contributed by atoms with E-state index >= 15 is 0 Å². The van der Waals surface area contributed by atoms with Crippen molar-refractivity contribution >= 4 is 41.4 Å². The first-order valence-corrected chi connectivity index (χ1v) is 9.68. The normalized spacial score (nSPS) is 12.1. The molecule has 0 aromatic carbocycles. The molecule has 0 saturated heterocycles. The van der Waals surface area contributed by atoms with E-state index in [1.807, 2.05) is 0 Å². The molecule has 32 heavy (non-hydrogen) atoms. The summed E-state index contributed by atoms with van der Waals surface area (Å²) in [4.78, 5) is 79.6. The van der Waals surface area contributed by atoms with Gasteiger partial charge in [-0.2, -0.15) is 0 Å². The summed E-state index contributed by atoms with van der Waals surface area (Å²) in [5.74, 6) is -5.35. The van der Waals surface area contributed by atoms with Gasteiger partial charge < -0.3 is 36.8 Å². The zero-order chi connectivity index (χ0) is 24.7. The van der Waals surface area contributed by atoms with Crippen LogP contribution in [0.5, 0.6) is 0 Å². The SMILES string of the molecule is CN[C@@H](CCC(=O)N[C@@H](CCC(=O)NCC(=O)NCC(=O)NCC(C)=O)C(=O)O)C(=O)O. The minimum atomic E-state index is -1.37. The molecule has 0 rings (SSSR count). The largest absolute Gasteiger partial charge is 0.480 e. The van der Waals surface area contributed by atoms with Gasteiger partial charge in [-0.15, -0.1) is 0 Å². The number of carbonyl (C=O) groups is 7. The van der Waals surface area contributed by atoms with Gasteiger partial charge in [-0.1, -0.05) is 0 Å². The third-order valence-corrected chi connectivity index (χ3v) is 4.03. The van der Waals surface area contributed by atoms with Crippen molar-refractivity contribution < 1.29 is 43.8 Å². The smallest absolute Gasteiger partial charge is 0.326 e. The Labute approximate surface area is 183 Å². The fourth-order valence-electron chi connectivity index (χ4n) is 2.26. The molecule has 0 aliphatic heterocycles. The lowest BCUT2D eigenvalue weighted by molar-refractivity contribution is -0.143. The van der Waals surface area contributed by atoms with Crippen LogP contribution in [0.25, 0.3) is 0 Å². The topological polar surface area (TPSA) is 220 Å². The van der Waals surface area contributed by atoms with Crippen LogP contribution in [0.1, 0.15) is 32.6 Å². The summed E-state index contributed by atoms with van der Waals surface area (Å²) >= 11 is 0. The van der Waals surface area contributed by atoms with Gasteiger partial charge in [0.1, 0.15) is 17.9 Å². The Morgan fingerprint density at radius 1 is 0.656 bits per heavy atom. The van der Waals surface area contributed by atoms with E-state index in [4.69, 9.17) is 5.11 Å². The molecular weight excluding hydrogens is 430 g/mol. The first-order valence-electron chi connectivity index (χ1n) is 9.68. The van der Waals surface area contributed by atoms with Gasteiger partial charge in [0.2, 0.25) is 23.6 Å². The molecule has 0 radical (unpaired) electrons. The van der Waals surface area contributed by atoms with E-state index in [0.29, 0.717) is 0 Å². The van der Waals surface area contributed by atoms with Crippen LogP contribution >= 0.6 is 0 Å². The highest BCUT2D eigenvalue weighted by Gasteiger charge is 2.23. The highest BCUT2D eigenvalue weighted by atomic mass is 16.4. The number of carbonyl (C=O) groups excluding carboxylic acids is 5. The predicted molar refractivity (Wildman–Crippen MR) is 108 cm³/mol. The number of nitrogens with one attached hydrogen (secondary N) is 5. The summed E-state index contributed by atoms with van der Waals surface area (Å²) in [7, 11) is 1.42. The van der Waals surface area contributed by atoms with Gasteiger partial charge in [0, 0.05) is 12.8 Å². The van der Waals surface area contributed by atoms with Crippen molar-refractivity contribution in [1.29, 1.82) is 0 Å². The van der Waals surface area contributed by atoms with Crippen molar-refractivity contribution in [2.45, 2.75) is 44.7 Å². The maximum atomic E-state index is 11.9. The van der Waals surface area contributed by atoms with Crippen LogP contribution < -0.4 is 26.6 Å². The zero-order valence-corrected chi connectivity index (χ0v) is 17.9. The van der Waals surface area contributed by atoms with Crippen LogP contribution in [0.15, 0.2) is 0 Å². The second-order valence-electron chi connectivity index (χ2n) is 6.75. The molecular formula is C18H29N5O9. The number of Topliss-reactive ketones (excluding diaryl/α,β-unsaturated/α-hetero) is 1. The van der Waals surface area contributed by atoms with Gasteiger partial charge in [0.25, 0.3) is 0 Å². The summed E-state index contributed by atoms with van der Waals surface area (Å²) in [6.07, 6.45) is -0.839. The fraction of sp³-hybridized carbons (Fsp3) is 0.611. The lowest BCUT2D eigenvalue weighted by atomic mass is 10.1. The first kappa shape index (κ1) is 28.5. The number of ketones is 1. The van der Waals surface area contributed by atoms with Crippen molar-refractivity contribution in [3.05, 3.63) is 0 Å². The van der Waals surface area contributed by atoms with Crippen molar-refractivity contribution in [3.8, 4) is 0 Å². The third kappa shape index (κ3) is 13.6. The summed E-state index contributed by atoms with van der Waals surface area (Å²) in [6, 6.07) is -2.33. The van der Waals surface area contributed by atoms with Gasteiger partial charge >= 0.3 is 11.9 Å². The third-order valence-electron chi connectivity index (χ3n) is 4.03. The van der Waals surface area contributed by atoms with Crippen LogP contribution in [-0.4, -0.2) is 90.3 Å². The van der Waals surface area contributed by atoms with Crippen molar-refractivity contribution in [2.75, 3.05) is 26.7 Å². The van der Waals surface area contributed by atoms with E-state index in [1.165, 1.54) is 14.0 Å². The molecule has 0 aliphatic rings. The van der Waals surface area contributed by atoms with E-state index in [9.17, 15) is 38.7 Å². The zero-order valence-electron chi connectivity index (χ0n) is 17.9. The molecule has 0 saturated carbocycles. The lowest BCUT2D eigenvalue weighted by Crippen LogP contribution is -2.44. The van der Waals surface area contributed by atoms with E-state index < -0.39 is 54.2 Å². The molecule has 4 amide bonds. The molecule has 180 valence electrons. The minimum absolute atomic E-state index is 0.0492. The van der Waals surface area contributed by atoms with Crippen molar-refractivity contribution in [1.82, 2.24) is 26.6 Å². The average molecular weight is 459 g/mol. The molecule has 0 aromatic heterocycles. The Balaban J connectivity index is 4.29. The number of likely N-dealkylation sites (N-methyl/N-ethyl adjacent to an activating group) is 1. The molecule has 14 nitrogen and oxygen atoms in total. The number of hydrogen-bond acceptors (Lipinski definition) is 8. The molecule has 0 fully saturated rings. The summed E-state index contributed by atoms with van der Waals surface area (Å²) in [6.45, 7) is 0.282. The van der Waals surface area contributed by atoms with E-state index in [2.05, 4.69) is 26.6 Å². The molecule has 2 atom stereocenters. The maximum Gasteiger partial charge on any atom is 0.326 e. The fourth-order valence-corrected chi connectivity index (χ4v) is 2.26. The molecule has 14 heteroatoms. The molecule has 0 spiro atoms. The van der Waals surface area contributed by atoms with E-state index in [0.717, 1.165) is 0 Å². The average Bonchev–Trinajstić information content (AvgIpc) is 2.71. The summed E-state index contributed by atoms with van der Waals surface area (Å²) in [5.41, 5.74) is 0. The molecule has 0 aromatic rings. The highest BCUT2D eigenvalue weighted by Crippen LogP contribution is 2.02. The molecule has 7 N–H and O–H groups in total. The second-order valence-corrected chi connectivity index (χ2v) is 6.75. The van der Waals surface area contributed by atoms with Crippen LogP contribution in [0, 0.1) is 0 Å². The number of carboxylic acids is 2. The van der Waals surface area contributed by atoms with E-state index in [-0.39, 0.29) is 44.6 Å². The van der Waals surface area contributed by atoms with Gasteiger partial charge in [-0.25, -0.2) is 4.79 Å². The highest BCUT2D eigenvalue weighted by molar-refractivity contribution is 5.90. The van der Waals surface area contributed by atoms with E-state index in [1.54, 1.807) is 0 Å².